The van der Waals surface area contributed by atoms with Gasteiger partial charge in [-0.05, 0) is 49.6 Å². The molecule has 2 heterocycles. The second-order valence-electron chi connectivity index (χ2n) is 9.88. The largest absolute Gasteiger partial charge is 0.465 e. The van der Waals surface area contributed by atoms with Crippen LogP contribution in [0.5, 0.6) is 0 Å². The lowest BCUT2D eigenvalue weighted by Gasteiger charge is -2.33. The number of hydrogen-bond donors (Lipinski definition) is 2. The number of fused-ring (bicyclic) bond motifs is 1. The number of imidazole rings is 1. The SMILES string of the molecule is COCCCn1c([C@@H]2CCCN(C(=O)C[C@@H](N)CNC(=O)c3cccc(C(=O)OC)c3)C2)nc2ccccc21. The molecule has 0 radical (unpaired) electrons. The Balaban J connectivity index is 1.35. The number of benzene rings is 2. The fourth-order valence-electron chi connectivity index (χ4n) is 5.08. The Hall–Kier alpha value is -3.76. The van der Waals surface area contributed by atoms with E-state index in [-0.39, 0.29) is 36.3 Å². The van der Waals surface area contributed by atoms with Crippen LogP contribution in [-0.2, 0) is 20.8 Å². The van der Waals surface area contributed by atoms with Crippen LogP contribution in [0, 0.1) is 0 Å². The number of hydrogen-bond acceptors (Lipinski definition) is 7. The molecule has 10 nitrogen and oxygen atoms in total. The third-order valence-electron chi connectivity index (χ3n) is 7.06. The van der Waals surface area contributed by atoms with Crippen molar-refractivity contribution in [1.29, 1.82) is 0 Å². The molecule has 3 aromatic rings. The Bertz CT molecular complexity index is 1310. The zero-order valence-electron chi connectivity index (χ0n) is 22.6. The molecule has 1 saturated heterocycles. The Morgan fingerprint density at radius 3 is 2.72 bits per heavy atom. The zero-order valence-corrected chi connectivity index (χ0v) is 22.6. The molecular formula is C29H37N5O5. The summed E-state index contributed by atoms with van der Waals surface area (Å²) < 4.78 is 12.2. The molecule has 0 saturated carbocycles. The molecule has 1 aliphatic heterocycles. The average Bonchev–Trinajstić information content (AvgIpc) is 3.34. The number of para-hydroxylation sites is 2. The van der Waals surface area contributed by atoms with Crippen LogP contribution in [0.3, 0.4) is 0 Å². The molecule has 1 aromatic heterocycles. The molecule has 39 heavy (non-hydrogen) atoms. The van der Waals surface area contributed by atoms with Gasteiger partial charge in [0.25, 0.3) is 5.91 Å². The maximum atomic E-state index is 13.2. The van der Waals surface area contributed by atoms with Gasteiger partial charge < -0.3 is 30.0 Å². The summed E-state index contributed by atoms with van der Waals surface area (Å²) in [5.74, 6) is 0.230. The van der Waals surface area contributed by atoms with Gasteiger partial charge in [0.1, 0.15) is 5.82 Å². The van der Waals surface area contributed by atoms with Crippen molar-refractivity contribution in [1.82, 2.24) is 19.8 Å². The summed E-state index contributed by atoms with van der Waals surface area (Å²) in [6, 6.07) is 13.8. The van der Waals surface area contributed by atoms with Gasteiger partial charge >= 0.3 is 5.97 Å². The number of piperidine rings is 1. The van der Waals surface area contributed by atoms with Crippen LogP contribution in [-0.4, -0.2) is 78.7 Å². The summed E-state index contributed by atoms with van der Waals surface area (Å²) in [4.78, 5) is 44.3. The van der Waals surface area contributed by atoms with E-state index >= 15 is 0 Å². The number of nitrogens with two attached hydrogens (primary N) is 1. The topological polar surface area (TPSA) is 129 Å². The van der Waals surface area contributed by atoms with E-state index in [0.29, 0.717) is 25.3 Å². The van der Waals surface area contributed by atoms with Gasteiger partial charge in [0.05, 0.1) is 23.7 Å². The third kappa shape index (κ3) is 7.01. The van der Waals surface area contributed by atoms with Gasteiger partial charge in [-0.3, -0.25) is 9.59 Å². The van der Waals surface area contributed by atoms with Crippen LogP contribution >= 0.6 is 0 Å². The van der Waals surface area contributed by atoms with Crippen molar-refractivity contribution in [3.8, 4) is 0 Å². The van der Waals surface area contributed by atoms with Gasteiger partial charge in [0.15, 0.2) is 0 Å². The lowest BCUT2D eigenvalue weighted by molar-refractivity contribution is -0.132. The number of carbonyl (C=O) groups is 3. The maximum absolute atomic E-state index is 13.2. The van der Waals surface area contributed by atoms with Crippen molar-refractivity contribution in [3.05, 3.63) is 65.5 Å². The first-order valence-electron chi connectivity index (χ1n) is 13.3. The number of nitrogens with zero attached hydrogens (tertiary/aromatic N) is 3. The molecule has 2 amide bonds. The molecule has 0 aliphatic carbocycles. The van der Waals surface area contributed by atoms with Crippen molar-refractivity contribution in [2.75, 3.05) is 40.5 Å². The second kappa shape index (κ2) is 13.3. The molecule has 2 aromatic carbocycles. The van der Waals surface area contributed by atoms with Crippen molar-refractivity contribution < 1.29 is 23.9 Å². The van der Waals surface area contributed by atoms with Gasteiger partial charge in [-0.25, -0.2) is 9.78 Å². The summed E-state index contributed by atoms with van der Waals surface area (Å²) in [5.41, 5.74) is 8.90. The smallest absolute Gasteiger partial charge is 0.337 e. The van der Waals surface area contributed by atoms with E-state index < -0.39 is 12.0 Å². The third-order valence-corrected chi connectivity index (χ3v) is 7.06. The highest BCUT2D eigenvalue weighted by molar-refractivity contribution is 5.97. The highest BCUT2D eigenvalue weighted by atomic mass is 16.5. The number of aryl methyl sites for hydroxylation is 1. The summed E-state index contributed by atoms with van der Waals surface area (Å²) in [6.45, 7) is 2.89. The molecule has 2 atom stereocenters. The van der Waals surface area contributed by atoms with Crippen LogP contribution in [0.4, 0.5) is 0 Å². The Labute approximate surface area is 228 Å². The molecule has 1 fully saturated rings. The molecule has 1 aliphatic rings. The van der Waals surface area contributed by atoms with Crippen LogP contribution < -0.4 is 11.1 Å². The lowest BCUT2D eigenvalue weighted by atomic mass is 9.96. The predicted octanol–water partition coefficient (Wildman–Crippen LogP) is 2.71. The molecule has 4 rings (SSSR count). The highest BCUT2D eigenvalue weighted by Crippen LogP contribution is 2.30. The van der Waals surface area contributed by atoms with Gasteiger partial charge in [-0.15, -0.1) is 0 Å². The van der Waals surface area contributed by atoms with E-state index in [4.69, 9.17) is 20.2 Å². The van der Waals surface area contributed by atoms with Gasteiger partial charge in [-0.2, -0.15) is 0 Å². The van der Waals surface area contributed by atoms with Crippen LogP contribution in [0.15, 0.2) is 48.5 Å². The number of nitrogens with one attached hydrogen (secondary N) is 1. The number of carbonyl (C=O) groups excluding carboxylic acids is 3. The van der Waals surface area contributed by atoms with Crippen molar-refractivity contribution >= 4 is 28.8 Å². The predicted molar refractivity (Wildman–Crippen MR) is 147 cm³/mol. The maximum Gasteiger partial charge on any atom is 0.337 e. The average molecular weight is 536 g/mol. The summed E-state index contributed by atoms with van der Waals surface area (Å²) in [5, 5.41) is 2.76. The van der Waals surface area contributed by atoms with E-state index in [2.05, 4.69) is 16.0 Å². The minimum atomic E-state index is -0.538. The minimum absolute atomic E-state index is 0.0313. The zero-order chi connectivity index (χ0) is 27.8. The van der Waals surface area contributed by atoms with Crippen molar-refractivity contribution in [2.24, 2.45) is 5.73 Å². The Morgan fingerprint density at radius 1 is 1.13 bits per heavy atom. The standard InChI is InChI=1S/C29H37N5O5/c1-38-15-7-14-34-25-12-4-3-11-24(25)32-27(34)22-10-6-13-33(19-22)26(35)17-23(30)18-31-28(36)20-8-5-9-21(16-20)29(37)39-2/h3-5,8-9,11-12,16,22-23H,6-7,10,13-15,17-19,30H2,1-2H3,(H,31,36)/t22-,23-/m1/s1. The van der Waals surface area contributed by atoms with Crippen LogP contribution in [0.25, 0.3) is 11.0 Å². The van der Waals surface area contributed by atoms with E-state index in [0.717, 1.165) is 42.7 Å². The first-order chi connectivity index (χ1) is 18.9. The van der Waals surface area contributed by atoms with Crippen LogP contribution in [0.2, 0.25) is 0 Å². The molecule has 208 valence electrons. The molecule has 0 bridgehead atoms. The number of amides is 2. The van der Waals surface area contributed by atoms with Crippen LogP contribution in [0.1, 0.15) is 58.1 Å². The second-order valence-corrected chi connectivity index (χ2v) is 9.88. The van der Waals surface area contributed by atoms with Gasteiger partial charge in [0.2, 0.25) is 5.91 Å². The molecule has 10 heteroatoms. The number of methoxy groups -OCH3 is 2. The fourth-order valence-corrected chi connectivity index (χ4v) is 5.08. The monoisotopic (exact) mass is 535 g/mol. The van der Waals surface area contributed by atoms with Crippen molar-refractivity contribution in [3.63, 3.8) is 0 Å². The normalized spacial score (nSPS) is 16.2. The molecule has 0 spiro atoms. The van der Waals surface area contributed by atoms with E-state index in [1.807, 2.05) is 23.1 Å². The van der Waals surface area contributed by atoms with E-state index in [1.165, 1.54) is 13.2 Å². The minimum Gasteiger partial charge on any atom is -0.465 e. The number of esters is 1. The first kappa shape index (κ1) is 28.3. The number of ether oxygens (including phenoxy) is 2. The molecule has 0 unspecified atom stereocenters. The summed E-state index contributed by atoms with van der Waals surface area (Å²) >= 11 is 0. The number of likely N-dealkylation sites (tertiary alicyclic amines) is 1. The number of rotatable bonds is 11. The quantitative estimate of drug-likeness (QED) is 0.285. The highest BCUT2D eigenvalue weighted by Gasteiger charge is 2.29. The number of aromatic nitrogens is 2. The lowest BCUT2D eigenvalue weighted by Crippen LogP contribution is -2.45. The van der Waals surface area contributed by atoms with Gasteiger partial charge in [0, 0.05) is 63.8 Å². The first-order valence-corrected chi connectivity index (χ1v) is 13.3. The van der Waals surface area contributed by atoms with Crippen molar-refractivity contribution in [2.45, 2.75) is 44.2 Å². The van der Waals surface area contributed by atoms with E-state index in [1.54, 1.807) is 25.3 Å². The Kier molecular flexibility index (Phi) is 9.67. The van der Waals surface area contributed by atoms with E-state index in [9.17, 15) is 14.4 Å². The molecule has 3 N–H and O–H groups in total. The molecular weight excluding hydrogens is 498 g/mol. The fraction of sp³-hybridized carbons (Fsp3) is 0.448. The summed E-state index contributed by atoms with van der Waals surface area (Å²) in [7, 11) is 2.99. The summed E-state index contributed by atoms with van der Waals surface area (Å²) in [6.07, 6.45) is 2.86. The Morgan fingerprint density at radius 2 is 1.92 bits per heavy atom. The van der Waals surface area contributed by atoms with Gasteiger partial charge in [-0.1, -0.05) is 18.2 Å².